The average molecular weight is 256 g/mol. The first-order chi connectivity index (χ1) is 8.43. The van der Waals surface area contributed by atoms with Crippen molar-refractivity contribution >= 4 is 5.97 Å². The Kier molecular flexibility index (Phi) is 4.44. The number of phenolic OH excluding ortho intramolecular Hbond substituents is 1. The molecule has 0 saturated carbocycles. The van der Waals surface area contributed by atoms with Crippen LogP contribution in [0.5, 0.6) is 11.5 Å². The quantitative estimate of drug-likeness (QED) is 0.431. The van der Waals surface area contributed by atoms with Crippen LogP contribution in [0.25, 0.3) is 0 Å². The predicted octanol–water partition coefficient (Wildman–Crippen LogP) is 0.00550. The molecule has 0 amide bonds. The molecular weight excluding hydrogens is 244 g/mol. The molecular formula is C10H12N2O6. The minimum absolute atomic E-state index is 0.112. The molecule has 8 nitrogen and oxygen atoms in total. The molecule has 0 unspecified atom stereocenters. The number of aromatic hydroxyl groups is 1. The highest BCUT2D eigenvalue weighted by Crippen LogP contribution is 2.27. The summed E-state index contributed by atoms with van der Waals surface area (Å²) in [7, 11) is 1.21. The number of rotatable bonds is 5. The second kappa shape index (κ2) is 5.82. The Hall–Kier alpha value is -2.35. The topological polar surface area (TPSA) is 125 Å². The molecule has 0 aromatic heterocycles. The van der Waals surface area contributed by atoms with Gasteiger partial charge < -0.3 is 15.6 Å². The van der Waals surface area contributed by atoms with Crippen LogP contribution in [0.15, 0.2) is 18.2 Å². The van der Waals surface area contributed by atoms with Gasteiger partial charge in [0, 0.05) is 0 Å². The lowest BCUT2D eigenvalue weighted by Gasteiger charge is -2.10. The van der Waals surface area contributed by atoms with Gasteiger partial charge in [-0.25, -0.2) is 0 Å². The van der Waals surface area contributed by atoms with Gasteiger partial charge >= 0.3 is 5.97 Å². The molecule has 1 atom stereocenters. The van der Waals surface area contributed by atoms with Crippen LogP contribution in [0.1, 0.15) is 5.56 Å². The Labute approximate surface area is 102 Å². The number of nitrogens with two attached hydrogens (primary N) is 1. The largest absolute Gasteiger partial charge is 0.506 e. The summed E-state index contributed by atoms with van der Waals surface area (Å²) in [5.41, 5.74) is 6.04. The second-order valence-electron chi connectivity index (χ2n) is 3.45. The maximum atomic E-state index is 11.1. The third-order valence-corrected chi connectivity index (χ3v) is 2.16. The Bertz CT molecular complexity index is 462. The van der Waals surface area contributed by atoms with E-state index in [1.165, 1.54) is 25.3 Å². The van der Waals surface area contributed by atoms with Crippen molar-refractivity contribution in [1.82, 2.24) is 0 Å². The molecule has 0 aliphatic carbocycles. The minimum Gasteiger partial charge on any atom is -0.506 e. The summed E-state index contributed by atoms with van der Waals surface area (Å²) in [5, 5.41) is 18.5. The van der Waals surface area contributed by atoms with Gasteiger partial charge in [-0.1, -0.05) is 6.07 Å². The van der Waals surface area contributed by atoms with Crippen molar-refractivity contribution in [2.24, 2.45) is 5.73 Å². The van der Waals surface area contributed by atoms with Gasteiger partial charge in [-0.3, -0.25) is 9.63 Å². The standard InChI is InChI=1S/C10H12N2O6/c1-17-10(14)7(11)4-6-2-3-8(13)9(5-6)18-12(15)16/h2-3,5,7,13H,4,11H2,1H3/t7-/m0/s1. The normalized spacial score (nSPS) is 11.7. The molecule has 18 heavy (non-hydrogen) atoms. The number of ether oxygens (including phenoxy) is 1. The molecule has 0 radical (unpaired) electrons. The van der Waals surface area contributed by atoms with Crippen molar-refractivity contribution < 1.29 is 24.6 Å². The molecule has 0 saturated heterocycles. The summed E-state index contributed by atoms with van der Waals surface area (Å²) in [6, 6.07) is 3.05. The van der Waals surface area contributed by atoms with Gasteiger partial charge in [-0.2, -0.15) is 0 Å². The lowest BCUT2D eigenvalue weighted by molar-refractivity contribution is -0.711. The van der Waals surface area contributed by atoms with Crippen LogP contribution in [-0.4, -0.2) is 29.3 Å². The first kappa shape index (κ1) is 13.7. The van der Waals surface area contributed by atoms with Crippen LogP contribution < -0.4 is 10.6 Å². The van der Waals surface area contributed by atoms with Gasteiger partial charge in [0.15, 0.2) is 5.75 Å². The molecule has 0 aliphatic heterocycles. The average Bonchev–Trinajstić information content (AvgIpc) is 2.31. The zero-order valence-electron chi connectivity index (χ0n) is 9.53. The Balaban J connectivity index is 2.84. The maximum absolute atomic E-state index is 11.1. The van der Waals surface area contributed by atoms with E-state index < -0.39 is 17.1 Å². The van der Waals surface area contributed by atoms with Crippen molar-refractivity contribution in [3.8, 4) is 11.5 Å². The third kappa shape index (κ3) is 3.59. The van der Waals surface area contributed by atoms with Gasteiger partial charge in [0.05, 0.1) is 7.11 Å². The molecule has 0 aliphatic rings. The second-order valence-corrected chi connectivity index (χ2v) is 3.45. The number of benzene rings is 1. The highest BCUT2D eigenvalue weighted by Gasteiger charge is 2.15. The van der Waals surface area contributed by atoms with E-state index in [-0.39, 0.29) is 17.9 Å². The molecule has 0 fully saturated rings. The zero-order chi connectivity index (χ0) is 13.7. The first-order valence-electron chi connectivity index (χ1n) is 4.91. The summed E-state index contributed by atoms with van der Waals surface area (Å²) in [6.45, 7) is 0. The van der Waals surface area contributed by atoms with Crippen LogP contribution in [-0.2, 0) is 16.0 Å². The smallest absolute Gasteiger partial charge is 0.322 e. The zero-order valence-corrected chi connectivity index (χ0v) is 9.53. The Morgan fingerprint density at radius 3 is 2.83 bits per heavy atom. The molecule has 0 bridgehead atoms. The van der Waals surface area contributed by atoms with E-state index in [1.807, 2.05) is 0 Å². The monoisotopic (exact) mass is 256 g/mol. The number of carbonyl (C=O) groups excluding carboxylic acids is 1. The van der Waals surface area contributed by atoms with E-state index in [9.17, 15) is 20.0 Å². The van der Waals surface area contributed by atoms with Gasteiger partial charge in [0.25, 0.3) is 5.09 Å². The number of esters is 1. The van der Waals surface area contributed by atoms with E-state index >= 15 is 0 Å². The fourth-order valence-electron chi connectivity index (χ4n) is 1.33. The number of hydrogen-bond acceptors (Lipinski definition) is 7. The van der Waals surface area contributed by atoms with E-state index in [1.54, 1.807) is 0 Å². The van der Waals surface area contributed by atoms with Crippen molar-refractivity contribution in [2.45, 2.75) is 12.5 Å². The summed E-state index contributed by atoms with van der Waals surface area (Å²) in [6.07, 6.45) is 0.112. The number of nitrogens with zero attached hydrogens (tertiary/aromatic N) is 1. The van der Waals surface area contributed by atoms with Crippen LogP contribution in [0.2, 0.25) is 0 Å². The van der Waals surface area contributed by atoms with E-state index in [4.69, 9.17) is 5.73 Å². The molecule has 98 valence electrons. The van der Waals surface area contributed by atoms with Crippen molar-refractivity contribution in [1.29, 1.82) is 0 Å². The number of methoxy groups -OCH3 is 1. The molecule has 1 rings (SSSR count). The summed E-state index contributed by atoms with van der Waals surface area (Å²) < 4.78 is 4.45. The molecule has 8 heteroatoms. The van der Waals surface area contributed by atoms with Crippen molar-refractivity contribution in [3.05, 3.63) is 33.9 Å². The van der Waals surface area contributed by atoms with Gasteiger partial charge in [-0.15, -0.1) is 10.1 Å². The minimum atomic E-state index is -1.04. The number of carbonyl (C=O) groups is 1. The van der Waals surface area contributed by atoms with Gasteiger partial charge in [-0.05, 0) is 24.1 Å². The number of hydrogen-bond donors (Lipinski definition) is 2. The predicted molar refractivity (Wildman–Crippen MR) is 59.4 cm³/mol. The molecule has 3 N–H and O–H groups in total. The highest BCUT2D eigenvalue weighted by molar-refractivity contribution is 5.75. The van der Waals surface area contributed by atoms with Crippen LogP contribution in [0.4, 0.5) is 0 Å². The Morgan fingerprint density at radius 1 is 1.61 bits per heavy atom. The summed E-state index contributed by atoms with van der Waals surface area (Å²) >= 11 is 0. The van der Waals surface area contributed by atoms with Crippen LogP contribution in [0.3, 0.4) is 0 Å². The van der Waals surface area contributed by atoms with Crippen LogP contribution >= 0.6 is 0 Å². The lowest BCUT2D eigenvalue weighted by Crippen LogP contribution is -2.33. The fraction of sp³-hybridized carbons (Fsp3) is 0.300. The molecule has 0 heterocycles. The molecule has 0 spiro atoms. The highest BCUT2D eigenvalue weighted by atomic mass is 17.0. The summed E-state index contributed by atoms with van der Waals surface area (Å²) in [4.78, 5) is 25.5. The van der Waals surface area contributed by atoms with E-state index in [0.29, 0.717) is 5.56 Å². The number of phenols is 1. The van der Waals surface area contributed by atoms with E-state index in [0.717, 1.165) is 0 Å². The van der Waals surface area contributed by atoms with Crippen molar-refractivity contribution in [2.75, 3.05) is 7.11 Å². The van der Waals surface area contributed by atoms with Crippen LogP contribution in [0, 0.1) is 10.1 Å². The maximum Gasteiger partial charge on any atom is 0.322 e. The molecule has 1 aromatic rings. The van der Waals surface area contributed by atoms with Crippen molar-refractivity contribution in [3.63, 3.8) is 0 Å². The van der Waals surface area contributed by atoms with Gasteiger partial charge in [0.2, 0.25) is 0 Å². The fourth-order valence-corrected chi connectivity index (χ4v) is 1.33. The third-order valence-electron chi connectivity index (χ3n) is 2.16. The van der Waals surface area contributed by atoms with Gasteiger partial charge in [0.1, 0.15) is 11.8 Å². The Morgan fingerprint density at radius 2 is 2.28 bits per heavy atom. The summed E-state index contributed by atoms with van der Waals surface area (Å²) in [5.74, 6) is -1.28. The lowest BCUT2D eigenvalue weighted by atomic mass is 10.1. The molecule has 1 aromatic carbocycles. The first-order valence-corrected chi connectivity index (χ1v) is 4.91. The van der Waals surface area contributed by atoms with E-state index in [2.05, 4.69) is 9.57 Å². The SMILES string of the molecule is COC(=O)[C@@H](N)Cc1ccc(O)c(O[N+](=O)[O-])c1.